The Hall–Kier alpha value is -1.46. The molecular formula is C14H16ClNO4. The van der Waals surface area contributed by atoms with Gasteiger partial charge in [-0.25, -0.2) is 0 Å². The van der Waals surface area contributed by atoms with E-state index in [1.54, 1.807) is 0 Å². The van der Waals surface area contributed by atoms with E-state index in [2.05, 4.69) is 0 Å². The standard InChI is InChI=1S/C14H16ClNO4/c1-5-3-7-9(11(16)14(17)18)12-8(4-6(2)19-12)10(15)13(7)20-5/h5-6,11H,3-4,16H2,1-2H3,(H,17,18). The zero-order valence-electron chi connectivity index (χ0n) is 11.3. The smallest absolute Gasteiger partial charge is 0.325 e. The predicted octanol–water partition coefficient (Wildman–Crippen LogP) is 2.07. The number of carboxylic acid groups (broad SMARTS) is 1. The van der Waals surface area contributed by atoms with Gasteiger partial charge in [0.15, 0.2) is 0 Å². The molecule has 2 aliphatic rings. The third kappa shape index (κ3) is 1.84. The van der Waals surface area contributed by atoms with Gasteiger partial charge in [0.05, 0.1) is 5.02 Å². The van der Waals surface area contributed by atoms with Crippen molar-refractivity contribution in [2.24, 2.45) is 5.73 Å². The van der Waals surface area contributed by atoms with Crippen molar-refractivity contribution in [3.05, 3.63) is 21.7 Å². The summed E-state index contributed by atoms with van der Waals surface area (Å²) in [5.41, 5.74) is 7.93. The van der Waals surface area contributed by atoms with E-state index in [4.69, 9.17) is 26.8 Å². The Labute approximate surface area is 121 Å². The molecule has 1 aromatic carbocycles. The average molecular weight is 298 g/mol. The highest BCUT2D eigenvalue weighted by atomic mass is 35.5. The van der Waals surface area contributed by atoms with E-state index in [0.717, 1.165) is 11.1 Å². The van der Waals surface area contributed by atoms with Gasteiger partial charge in [-0.15, -0.1) is 0 Å². The summed E-state index contributed by atoms with van der Waals surface area (Å²) in [6.45, 7) is 3.84. The molecule has 3 N–H and O–H groups in total. The van der Waals surface area contributed by atoms with E-state index in [0.29, 0.717) is 34.9 Å². The van der Waals surface area contributed by atoms with Gasteiger partial charge in [-0.3, -0.25) is 4.79 Å². The number of hydrogen-bond acceptors (Lipinski definition) is 4. The summed E-state index contributed by atoms with van der Waals surface area (Å²) in [6.07, 6.45) is 1.15. The molecule has 0 saturated heterocycles. The van der Waals surface area contributed by atoms with Crippen LogP contribution in [0.15, 0.2) is 0 Å². The number of carbonyl (C=O) groups is 1. The Morgan fingerprint density at radius 1 is 1.25 bits per heavy atom. The highest BCUT2D eigenvalue weighted by Crippen LogP contribution is 2.50. The van der Waals surface area contributed by atoms with E-state index >= 15 is 0 Å². The normalized spacial score (nSPS) is 24.6. The number of halogens is 1. The van der Waals surface area contributed by atoms with Crippen molar-refractivity contribution in [3.63, 3.8) is 0 Å². The summed E-state index contributed by atoms with van der Waals surface area (Å²) in [7, 11) is 0. The van der Waals surface area contributed by atoms with Crippen molar-refractivity contribution in [2.45, 2.75) is 44.9 Å². The maximum absolute atomic E-state index is 11.3. The van der Waals surface area contributed by atoms with Gasteiger partial charge < -0.3 is 20.3 Å². The van der Waals surface area contributed by atoms with Crippen molar-refractivity contribution >= 4 is 17.6 Å². The highest BCUT2D eigenvalue weighted by Gasteiger charge is 2.38. The van der Waals surface area contributed by atoms with Crippen LogP contribution >= 0.6 is 11.6 Å². The molecule has 0 fully saturated rings. The van der Waals surface area contributed by atoms with Gasteiger partial charge in [-0.05, 0) is 13.8 Å². The van der Waals surface area contributed by atoms with Gasteiger partial charge in [0.25, 0.3) is 0 Å². The predicted molar refractivity (Wildman–Crippen MR) is 73.6 cm³/mol. The second kappa shape index (κ2) is 4.53. The average Bonchev–Trinajstić information content (AvgIpc) is 2.92. The Morgan fingerprint density at radius 2 is 1.80 bits per heavy atom. The third-order valence-corrected chi connectivity index (χ3v) is 4.18. The number of carboxylic acids is 1. The Balaban J connectivity index is 2.25. The minimum Gasteiger partial charge on any atom is -0.490 e. The van der Waals surface area contributed by atoms with Crippen LogP contribution in [0.1, 0.15) is 36.6 Å². The molecule has 0 radical (unpaired) electrons. The van der Waals surface area contributed by atoms with Gasteiger partial charge in [0.1, 0.15) is 29.7 Å². The molecule has 1 aromatic rings. The first kappa shape index (κ1) is 13.5. The minimum atomic E-state index is -1.13. The second-order valence-corrected chi connectivity index (χ2v) is 5.80. The van der Waals surface area contributed by atoms with Crippen LogP contribution in [0, 0.1) is 0 Å². The van der Waals surface area contributed by atoms with Crippen LogP contribution in [0.4, 0.5) is 0 Å². The molecule has 0 aromatic heterocycles. The number of ether oxygens (including phenoxy) is 2. The maximum atomic E-state index is 11.3. The molecule has 3 rings (SSSR count). The number of nitrogens with two attached hydrogens (primary N) is 1. The van der Waals surface area contributed by atoms with Gasteiger partial charge in [0.2, 0.25) is 0 Å². The lowest BCUT2D eigenvalue weighted by atomic mass is 9.93. The molecule has 5 nitrogen and oxygen atoms in total. The Kier molecular flexibility index (Phi) is 3.06. The van der Waals surface area contributed by atoms with Crippen LogP contribution in [0.25, 0.3) is 0 Å². The lowest BCUT2D eigenvalue weighted by Gasteiger charge is -2.17. The van der Waals surface area contributed by atoms with E-state index in [1.807, 2.05) is 13.8 Å². The first-order chi connectivity index (χ1) is 9.40. The lowest BCUT2D eigenvalue weighted by molar-refractivity contribution is -0.138. The molecule has 0 saturated carbocycles. The molecular weight excluding hydrogens is 282 g/mol. The van der Waals surface area contributed by atoms with Crippen LogP contribution in [-0.4, -0.2) is 23.3 Å². The molecule has 2 aliphatic heterocycles. The zero-order valence-corrected chi connectivity index (χ0v) is 12.0. The fourth-order valence-electron chi connectivity index (χ4n) is 2.95. The third-order valence-electron chi connectivity index (χ3n) is 3.78. The largest absolute Gasteiger partial charge is 0.490 e. The van der Waals surface area contributed by atoms with Crippen molar-refractivity contribution in [3.8, 4) is 11.5 Å². The molecule has 6 heteroatoms. The number of fused-ring (bicyclic) bond motifs is 2. The Morgan fingerprint density at radius 3 is 2.40 bits per heavy atom. The summed E-state index contributed by atoms with van der Waals surface area (Å²) < 4.78 is 11.5. The number of benzene rings is 1. The van der Waals surface area contributed by atoms with Crippen LogP contribution in [0.2, 0.25) is 5.02 Å². The Bertz CT molecular complexity index is 562. The molecule has 0 aliphatic carbocycles. The number of rotatable bonds is 2. The maximum Gasteiger partial charge on any atom is 0.325 e. The van der Waals surface area contributed by atoms with Crippen molar-refractivity contribution in [1.29, 1.82) is 0 Å². The summed E-state index contributed by atoms with van der Waals surface area (Å²) in [6, 6.07) is -1.13. The molecule has 0 spiro atoms. The SMILES string of the molecule is CC1Cc2c(c(Cl)c3c(c2C(N)C(=O)O)OC(C)C3)O1. The summed E-state index contributed by atoms with van der Waals surface area (Å²) in [4.78, 5) is 11.3. The number of aliphatic carboxylic acids is 1. The molecule has 3 atom stereocenters. The first-order valence-electron chi connectivity index (χ1n) is 6.59. The number of hydrogen-bond donors (Lipinski definition) is 2. The van der Waals surface area contributed by atoms with Crippen LogP contribution in [0.5, 0.6) is 11.5 Å². The highest BCUT2D eigenvalue weighted by molar-refractivity contribution is 6.33. The fraction of sp³-hybridized carbons (Fsp3) is 0.500. The van der Waals surface area contributed by atoms with Gasteiger partial charge >= 0.3 is 5.97 Å². The quantitative estimate of drug-likeness (QED) is 0.873. The summed E-state index contributed by atoms with van der Waals surface area (Å²) in [5.74, 6) is 0.0237. The molecule has 20 heavy (non-hydrogen) atoms. The van der Waals surface area contributed by atoms with E-state index in [1.165, 1.54) is 0 Å². The van der Waals surface area contributed by atoms with Crippen molar-refractivity contribution < 1.29 is 19.4 Å². The fourth-order valence-corrected chi connectivity index (χ4v) is 3.27. The van der Waals surface area contributed by atoms with Gasteiger partial charge in [-0.2, -0.15) is 0 Å². The monoisotopic (exact) mass is 297 g/mol. The second-order valence-electron chi connectivity index (χ2n) is 5.42. The molecule has 108 valence electrons. The minimum absolute atomic E-state index is 0.0396. The molecule has 0 bridgehead atoms. The van der Waals surface area contributed by atoms with Crippen LogP contribution in [0.3, 0.4) is 0 Å². The van der Waals surface area contributed by atoms with Crippen LogP contribution in [-0.2, 0) is 17.6 Å². The summed E-state index contributed by atoms with van der Waals surface area (Å²) >= 11 is 6.39. The van der Waals surface area contributed by atoms with E-state index in [9.17, 15) is 9.90 Å². The van der Waals surface area contributed by atoms with E-state index in [-0.39, 0.29) is 12.2 Å². The summed E-state index contributed by atoms with van der Waals surface area (Å²) in [5, 5.41) is 9.78. The molecule has 3 unspecified atom stereocenters. The molecule has 0 amide bonds. The molecule has 2 heterocycles. The van der Waals surface area contributed by atoms with Gasteiger partial charge in [0, 0.05) is 29.5 Å². The lowest BCUT2D eigenvalue weighted by Crippen LogP contribution is -2.23. The van der Waals surface area contributed by atoms with Gasteiger partial charge in [-0.1, -0.05) is 11.6 Å². The topological polar surface area (TPSA) is 81.8 Å². The van der Waals surface area contributed by atoms with E-state index < -0.39 is 12.0 Å². The first-order valence-corrected chi connectivity index (χ1v) is 6.96. The zero-order chi connectivity index (χ0) is 14.6. The van der Waals surface area contributed by atoms with Crippen LogP contribution < -0.4 is 15.2 Å². The van der Waals surface area contributed by atoms with Crippen molar-refractivity contribution in [2.75, 3.05) is 0 Å². The van der Waals surface area contributed by atoms with Crippen molar-refractivity contribution in [1.82, 2.24) is 0 Å².